The van der Waals surface area contributed by atoms with Gasteiger partial charge in [0.15, 0.2) is 0 Å². The van der Waals surface area contributed by atoms with E-state index >= 15 is 0 Å². The molecule has 2 heteroatoms. The number of carboxylic acids is 1. The van der Waals surface area contributed by atoms with Crippen molar-refractivity contribution in [3.63, 3.8) is 0 Å². The average molecular weight is 156 g/mol. The quantitative estimate of drug-likeness (QED) is 0.678. The molecule has 1 atom stereocenters. The zero-order valence-electron chi connectivity index (χ0n) is 7.05. The van der Waals surface area contributed by atoms with Crippen LogP contribution in [0.25, 0.3) is 0 Å². The Bertz CT molecular complexity index is 138. The summed E-state index contributed by atoms with van der Waals surface area (Å²) in [4.78, 5) is 10.3. The van der Waals surface area contributed by atoms with Crippen LogP contribution in [0, 0.1) is 11.8 Å². The number of aliphatic carboxylic acids is 1. The molecule has 0 heterocycles. The van der Waals surface area contributed by atoms with Gasteiger partial charge in [-0.3, -0.25) is 4.79 Å². The Morgan fingerprint density at radius 1 is 1.64 bits per heavy atom. The summed E-state index contributed by atoms with van der Waals surface area (Å²) in [7, 11) is 0. The molecule has 1 rings (SSSR count). The SMILES string of the molecule is CC(CC(=O)O)CC1CCC1. The number of hydrogen-bond donors (Lipinski definition) is 1. The molecule has 0 spiro atoms. The Morgan fingerprint density at radius 3 is 2.64 bits per heavy atom. The molecule has 64 valence electrons. The first-order valence-corrected chi connectivity index (χ1v) is 4.40. The first-order valence-electron chi connectivity index (χ1n) is 4.40. The number of rotatable bonds is 4. The van der Waals surface area contributed by atoms with Gasteiger partial charge in [0.05, 0.1) is 0 Å². The van der Waals surface area contributed by atoms with Crippen LogP contribution in [0.3, 0.4) is 0 Å². The minimum atomic E-state index is -0.656. The summed E-state index contributed by atoms with van der Waals surface area (Å²) < 4.78 is 0. The van der Waals surface area contributed by atoms with Gasteiger partial charge >= 0.3 is 5.97 Å². The van der Waals surface area contributed by atoms with Crippen LogP contribution in [-0.2, 0) is 4.79 Å². The topological polar surface area (TPSA) is 37.3 Å². The van der Waals surface area contributed by atoms with Crippen LogP contribution < -0.4 is 0 Å². The van der Waals surface area contributed by atoms with Crippen molar-refractivity contribution in [2.24, 2.45) is 11.8 Å². The molecular formula is C9H16O2. The van der Waals surface area contributed by atoms with E-state index in [1.165, 1.54) is 19.3 Å². The maximum atomic E-state index is 10.3. The summed E-state index contributed by atoms with van der Waals surface area (Å²) in [6.07, 6.45) is 5.46. The second-order valence-electron chi connectivity index (χ2n) is 3.74. The molecule has 1 aliphatic carbocycles. The van der Waals surface area contributed by atoms with Crippen LogP contribution in [0.5, 0.6) is 0 Å². The molecule has 1 unspecified atom stereocenters. The van der Waals surface area contributed by atoms with Crippen LogP contribution in [0.15, 0.2) is 0 Å². The fourth-order valence-corrected chi connectivity index (χ4v) is 1.68. The molecule has 0 aromatic rings. The highest BCUT2D eigenvalue weighted by atomic mass is 16.4. The molecule has 0 saturated heterocycles. The summed E-state index contributed by atoms with van der Waals surface area (Å²) in [6, 6.07) is 0. The maximum Gasteiger partial charge on any atom is 0.303 e. The van der Waals surface area contributed by atoms with Crippen molar-refractivity contribution in [1.82, 2.24) is 0 Å². The summed E-state index contributed by atoms with van der Waals surface area (Å²) in [5.41, 5.74) is 0. The van der Waals surface area contributed by atoms with Crippen molar-refractivity contribution < 1.29 is 9.90 Å². The minimum Gasteiger partial charge on any atom is -0.481 e. The van der Waals surface area contributed by atoms with Gasteiger partial charge in [-0.05, 0) is 18.3 Å². The Morgan fingerprint density at radius 2 is 2.27 bits per heavy atom. The Labute approximate surface area is 67.6 Å². The molecular weight excluding hydrogens is 140 g/mol. The van der Waals surface area contributed by atoms with E-state index in [4.69, 9.17) is 5.11 Å². The predicted molar refractivity (Wildman–Crippen MR) is 43.4 cm³/mol. The van der Waals surface area contributed by atoms with Crippen LogP contribution in [0.1, 0.15) is 39.0 Å². The smallest absolute Gasteiger partial charge is 0.303 e. The third kappa shape index (κ3) is 2.91. The largest absolute Gasteiger partial charge is 0.481 e. The summed E-state index contributed by atoms with van der Waals surface area (Å²) in [5, 5.41) is 8.49. The zero-order chi connectivity index (χ0) is 8.27. The van der Waals surface area contributed by atoms with E-state index in [1.54, 1.807) is 0 Å². The van der Waals surface area contributed by atoms with Gasteiger partial charge in [-0.25, -0.2) is 0 Å². The van der Waals surface area contributed by atoms with Crippen LogP contribution in [0.2, 0.25) is 0 Å². The average Bonchev–Trinajstić information content (AvgIpc) is 1.77. The number of carbonyl (C=O) groups is 1. The van der Waals surface area contributed by atoms with Crippen LogP contribution >= 0.6 is 0 Å². The maximum absolute atomic E-state index is 10.3. The molecule has 1 aliphatic rings. The van der Waals surface area contributed by atoms with E-state index in [0.717, 1.165) is 12.3 Å². The van der Waals surface area contributed by atoms with Crippen molar-refractivity contribution in [2.45, 2.75) is 39.0 Å². The van der Waals surface area contributed by atoms with Gasteiger partial charge in [0.1, 0.15) is 0 Å². The van der Waals surface area contributed by atoms with Crippen molar-refractivity contribution in [3.8, 4) is 0 Å². The minimum absolute atomic E-state index is 0.344. The molecule has 0 aliphatic heterocycles. The van der Waals surface area contributed by atoms with E-state index in [-0.39, 0.29) is 0 Å². The lowest BCUT2D eigenvalue weighted by atomic mass is 9.79. The molecule has 2 nitrogen and oxygen atoms in total. The highest BCUT2D eigenvalue weighted by molar-refractivity contribution is 5.66. The lowest BCUT2D eigenvalue weighted by Crippen LogP contribution is -2.16. The molecule has 11 heavy (non-hydrogen) atoms. The molecule has 0 amide bonds. The Balaban J connectivity index is 2.09. The molecule has 0 radical (unpaired) electrons. The van der Waals surface area contributed by atoms with Gasteiger partial charge in [-0.1, -0.05) is 26.2 Å². The third-order valence-electron chi connectivity index (χ3n) is 2.48. The van der Waals surface area contributed by atoms with Crippen molar-refractivity contribution >= 4 is 5.97 Å². The van der Waals surface area contributed by atoms with Gasteiger partial charge in [0.25, 0.3) is 0 Å². The monoisotopic (exact) mass is 156 g/mol. The Hall–Kier alpha value is -0.530. The summed E-state index contributed by atoms with van der Waals surface area (Å²) in [5.74, 6) is 0.555. The molecule has 0 aromatic heterocycles. The van der Waals surface area contributed by atoms with E-state index in [1.807, 2.05) is 6.92 Å². The van der Waals surface area contributed by atoms with E-state index in [0.29, 0.717) is 12.3 Å². The predicted octanol–water partition coefficient (Wildman–Crippen LogP) is 2.29. The highest BCUT2D eigenvalue weighted by Crippen LogP contribution is 2.32. The fraction of sp³-hybridized carbons (Fsp3) is 0.889. The second kappa shape index (κ2) is 3.74. The van der Waals surface area contributed by atoms with E-state index in [9.17, 15) is 4.79 Å². The van der Waals surface area contributed by atoms with Crippen molar-refractivity contribution in [3.05, 3.63) is 0 Å². The normalized spacial score (nSPS) is 20.8. The Kier molecular flexibility index (Phi) is 2.92. The fourth-order valence-electron chi connectivity index (χ4n) is 1.68. The van der Waals surface area contributed by atoms with E-state index < -0.39 is 5.97 Å². The van der Waals surface area contributed by atoms with Gasteiger partial charge in [0.2, 0.25) is 0 Å². The number of carboxylic acid groups (broad SMARTS) is 1. The van der Waals surface area contributed by atoms with Crippen LogP contribution in [-0.4, -0.2) is 11.1 Å². The van der Waals surface area contributed by atoms with Gasteiger partial charge in [-0.2, -0.15) is 0 Å². The van der Waals surface area contributed by atoms with Gasteiger partial charge in [-0.15, -0.1) is 0 Å². The highest BCUT2D eigenvalue weighted by Gasteiger charge is 2.20. The molecule has 0 aromatic carbocycles. The van der Waals surface area contributed by atoms with Crippen molar-refractivity contribution in [1.29, 1.82) is 0 Å². The lowest BCUT2D eigenvalue weighted by Gasteiger charge is -2.27. The van der Waals surface area contributed by atoms with Gasteiger partial charge in [0, 0.05) is 6.42 Å². The van der Waals surface area contributed by atoms with Crippen molar-refractivity contribution in [2.75, 3.05) is 0 Å². The summed E-state index contributed by atoms with van der Waals surface area (Å²) >= 11 is 0. The lowest BCUT2D eigenvalue weighted by molar-refractivity contribution is -0.138. The van der Waals surface area contributed by atoms with E-state index in [2.05, 4.69) is 0 Å². The summed E-state index contributed by atoms with van der Waals surface area (Å²) in [6.45, 7) is 2.03. The molecule has 1 saturated carbocycles. The number of hydrogen-bond acceptors (Lipinski definition) is 1. The first kappa shape index (κ1) is 8.57. The first-order chi connectivity index (χ1) is 5.18. The molecule has 0 bridgehead atoms. The second-order valence-corrected chi connectivity index (χ2v) is 3.74. The zero-order valence-corrected chi connectivity index (χ0v) is 7.05. The molecule has 1 N–H and O–H groups in total. The van der Waals surface area contributed by atoms with Gasteiger partial charge < -0.3 is 5.11 Å². The molecule has 1 fully saturated rings. The standard InChI is InChI=1S/C9H16O2/c1-7(6-9(10)11)5-8-3-2-4-8/h7-8H,2-6H2,1H3,(H,10,11). The third-order valence-corrected chi connectivity index (χ3v) is 2.48. The van der Waals surface area contributed by atoms with Crippen LogP contribution in [0.4, 0.5) is 0 Å².